The van der Waals surface area contributed by atoms with Gasteiger partial charge in [0.2, 0.25) is 0 Å². The van der Waals surface area contributed by atoms with Crippen molar-refractivity contribution in [2.75, 3.05) is 13.7 Å². The number of alkyl halides is 1. The first kappa shape index (κ1) is 20.3. The summed E-state index contributed by atoms with van der Waals surface area (Å²) in [5, 5.41) is 1.72. The van der Waals surface area contributed by atoms with Gasteiger partial charge in [-0.2, -0.15) is 0 Å². The summed E-state index contributed by atoms with van der Waals surface area (Å²) in [7, 11) is 1.57. The van der Waals surface area contributed by atoms with Crippen molar-refractivity contribution in [3.63, 3.8) is 0 Å². The molecule has 32 heavy (non-hydrogen) atoms. The Labute approximate surface area is 183 Å². The fourth-order valence-electron chi connectivity index (χ4n) is 4.45. The molecule has 0 saturated heterocycles. The van der Waals surface area contributed by atoms with Crippen molar-refractivity contribution in [2.45, 2.75) is 25.1 Å². The highest BCUT2D eigenvalue weighted by Gasteiger charge is 2.35. The molecule has 2 heterocycles. The third-order valence-corrected chi connectivity index (χ3v) is 5.98. The van der Waals surface area contributed by atoms with Crippen LogP contribution in [-0.2, 0) is 6.42 Å². The number of aromatic nitrogens is 1. The highest BCUT2D eigenvalue weighted by atomic mass is 19.1. The lowest BCUT2D eigenvalue weighted by atomic mass is 9.92. The van der Waals surface area contributed by atoms with E-state index in [9.17, 15) is 13.6 Å². The first-order chi connectivity index (χ1) is 15.5. The number of ether oxygens (including phenoxy) is 2. The summed E-state index contributed by atoms with van der Waals surface area (Å²) in [5.74, 6) is 0.698. The second-order valence-corrected chi connectivity index (χ2v) is 7.91. The summed E-state index contributed by atoms with van der Waals surface area (Å²) in [5.41, 5.74) is 2.61. The van der Waals surface area contributed by atoms with Crippen LogP contribution < -0.4 is 20.0 Å². The second-order valence-electron chi connectivity index (χ2n) is 7.91. The Hall–Kier alpha value is -3.61. The van der Waals surface area contributed by atoms with Crippen molar-refractivity contribution in [3.05, 3.63) is 81.7 Å². The fraction of sp³-hybridized carbons (Fsp3) is 0.240. The Morgan fingerprint density at radius 1 is 1.09 bits per heavy atom. The van der Waals surface area contributed by atoms with Crippen LogP contribution in [0.25, 0.3) is 12.2 Å². The molecule has 1 aliphatic heterocycles. The predicted octanol–water partition coefficient (Wildman–Crippen LogP) is 3.61. The number of halogens is 2. The van der Waals surface area contributed by atoms with E-state index >= 15 is 0 Å². The van der Waals surface area contributed by atoms with E-state index in [0.29, 0.717) is 30.9 Å². The molecule has 2 atom stereocenters. The van der Waals surface area contributed by atoms with Crippen LogP contribution in [0, 0.1) is 5.82 Å². The van der Waals surface area contributed by atoms with Gasteiger partial charge in [-0.25, -0.2) is 13.6 Å². The molecule has 1 amide bonds. The molecule has 1 N–H and O–H groups in total. The van der Waals surface area contributed by atoms with Crippen molar-refractivity contribution in [2.24, 2.45) is 0 Å². The van der Waals surface area contributed by atoms with Gasteiger partial charge in [-0.05, 0) is 65.2 Å². The van der Waals surface area contributed by atoms with Crippen LogP contribution in [0.3, 0.4) is 0 Å². The molecule has 7 heteroatoms. The van der Waals surface area contributed by atoms with Crippen molar-refractivity contribution >= 4 is 18.2 Å². The van der Waals surface area contributed by atoms with Crippen LogP contribution in [0.5, 0.6) is 11.5 Å². The summed E-state index contributed by atoms with van der Waals surface area (Å²) < 4.78 is 38.3. The summed E-state index contributed by atoms with van der Waals surface area (Å²) in [6, 6.07) is 12.3. The van der Waals surface area contributed by atoms with Gasteiger partial charge < -0.3 is 14.5 Å². The molecular formula is C25H22F2N2O3. The normalized spacial score (nSPS) is 19.3. The minimum Gasteiger partial charge on any atom is -0.497 e. The van der Waals surface area contributed by atoms with Crippen LogP contribution in [0.4, 0.5) is 13.6 Å². The van der Waals surface area contributed by atoms with Crippen LogP contribution in [-0.4, -0.2) is 35.8 Å². The molecule has 164 valence electrons. The summed E-state index contributed by atoms with van der Waals surface area (Å²) in [6.07, 6.45) is 2.87. The number of rotatable bonds is 3. The van der Waals surface area contributed by atoms with E-state index in [0.717, 1.165) is 27.4 Å². The molecule has 2 aromatic carbocycles. The van der Waals surface area contributed by atoms with Gasteiger partial charge in [0.25, 0.3) is 0 Å². The first-order valence-corrected chi connectivity index (χ1v) is 10.5. The highest BCUT2D eigenvalue weighted by Crippen LogP contribution is 2.33. The molecule has 0 spiro atoms. The molecule has 0 saturated carbocycles. The molecule has 1 aliphatic carbocycles. The molecule has 0 radical (unpaired) electrons. The number of hydrogen-bond acceptors (Lipinski definition) is 3. The largest absolute Gasteiger partial charge is 0.497 e. The van der Waals surface area contributed by atoms with E-state index in [1.54, 1.807) is 54.5 Å². The molecular weight excluding hydrogens is 414 g/mol. The number of fused-ring (bicyclic) bond motifs is 3. The van der Waals surface area contributed by atoms with Crippen molar-refractivity contribution in [1.29, 1.82) is 0 Å². The number of methoxy groups -OCH3 is 1. The Balaban J connectivity index is 1.54. The third-order valence-electron chi connectivity index (χ3n) is 5.98. The third kappa shape index (κ3) is 3.64. The minimum atomic E-state index is -1.04. The first-order valence-electron chi connectivity index (χ1n) is 10.5. The number of nitrogens with one attached hydrogen (secondary N) is 1. The van der Waals surface area contributed by atoms with Crippen LogP contribution in [0.15, 0.2) is 48.5 Å². The Morgan fingerprint density at radius 3 is 2.53 bits per heavy atom. The lowest BCUT2D eigenvalue weighted by molar-refractivity contribution is 0.135. The van der Waals surface area contributed by atoms with E-state index in [4.69, 9.17) is 9.47 Å². The lowest BCUT2D eigenvalue weighted by Crippen LogP contribution is -2.43. The van der Waals surface area contributed by atoms with Gasteiger partial charge >= 0.3 is 6.09 Å². The van der Waals surface area contributed by atoms with E-state index in [1.807, 2.05) is 6.08 Å². The summed E-state index contributed by atoms with van der Waals surface area (Å²) >= 11 is 0. The minimum absolute atomic E-state index is 0.335. The van der Waals surface area contributed by atoms with Gasteiger partial charge in [0, 0.05) is 24.0 Å². The van der Waals surface area contributed by atoms with E-state index in [-0.39, 0.29) is 5.82 Å². The number of carbonyl (C=O) groups excluding carboxylic acids is 1. The average molecular weight is 436 g/mol. The quantitative estimate of drug-likeness (QED) is 0.683. The van der Waals surface area contributed by atoms with Crippen molar-refractivity contribution in [1.82, 2.24) is 9.88 Å². The molecule has 2 aliphatic rings. The van der Waals surface area contributed by atoms with Crippen molar-refractivity contribution < 1.29 is 23.0 Å². The number of H-pyrrole nitrogens is 1. The topological polar surface area (TPSA) is 54.6 Å². The maximum atomic E-state index is 14.0. The Bertz CT molecular complexity index is 1270. The molecule has 0 bridgehead atoms. The smallest absolute Gasteiger partial charge is 0.416 e. The molecule has 3 aromatic rings. The summed E-state index contributed by atoms with van der Waals surface area (Å²) in [4.78, 5) is 18.1. The van der Waals surface area contributed by atoms with Gasteiger partial charge in [-0.15, -0.1) is 0 Å². The van der Waals surface area contributed by atoms with E-state index < -0.39 is 18.3 Å². The molecule has 5 rings (SSSR count). The molecule has 1 aromatic heterocycles. The monoisotopic (exact) mass is 436 g/mol. The van der Waals surface area contributed by atoms with Crippen LogP contribution in [0.2, 0.25) is 0 Å². The second kappa shape index (κ2) is 8.15. The fourth-order valence-corrected chi connectivity index (χ4v) is 4.45. The number of carbonyl (C=O) groups is 1. The molecule has 0 fully saturated rings. The van der Waals surface area contributed by atoms with Crippen molar-refractivity contribution in [3.8, 4) is 11.5 Å². The number of hydrogen-bond donors (Lipinski definition) is 1. The van der Waals surface area contributed by atoms with Gasteiger partial charge in [-0.3, -0.25) is 4.90 Å². The van der Waals surface area contributed by atoms with Gasteiger partial charge in [0.15, 0.2) is 0 Å². The highest BCUT2D eigenvalue weighted by molar-refractivity contribution is 5.73. The number of nitrogens with zero attached hydrogens (tertiary/aromatic N) is 1. The van der Waals surface area contributed by atoms with Gasteiger partial charge in [0.1, 0.15) is 29.5 Å². The lowest BCUT2D eigenvalue weighted by Gasteiger charge is -2.35. The number of aromatic amines is 1. The SMILES string of the molecule is COc1ccc(OC(=O)N2CCc3c([nH]c4c3=CCC(F)C=4)C2c2ccc(F)cc2)cc1. The zero-order chi connectivity index (χ0) is 22.2. The predicted molar refractivity (Wildman–Crippen MR) is 116 cm³/mol. The standard InChI is InChI=1S/C25H22F2N2O3/c1-31-18-7-9-19(10-8-18)32-25(30)29-13-12-21-20-11-6-17(27)14-22(20)28-23(21)24(29)15-2-4-16(26)5-3-15/h2-5,7-11,14,17,24,28H,6,12-13H2,1H3. The van der Waals surface area contributed by atoms with E-state index in [1.165, 1.54) is 12.1 Å². The average Bonchev–Trinajstić information content (AvgIpc) is 3.17. The Morgan fingerprint density at radius 2 is 1.81 bits per heavy atom. The summed E-state index contributed by atoms with van der Waals surface area (Å²) in [6.45, 7) is 0.418. The van der Waals surface area contributed by atoms with E-state index in [2.05, 4.69) is 4.98 Å². The number of benzene rings is 2. The molecule has 2 unspecified atom stereocenters. The van der Waals surface area contributed by atoms with Gasteiger partial charge in [-0.1, -0.05) is 18.2 Å². The Kier molecular flexibility index (Phi) is 5.17. The van der Waals surface area contributed by atoms with Crippen LogP contribution >= 0.6 is 0 Å². The van der Waals surface area contributed by atoms with Crippen LogP contribution in [0.1, 0.15) is 29.3 Å². The maximum Gasteiger partial charge on any atom is 0.416 e. The molecule has 5 nitrogen and oxygen atoms in total. The van der Waals surface area contributed by atoms with Gasteiger partial charge in [0.05, 0.1) is 7.11 Å². The number of amides is 1. The zero-order valence-corrected chi connectivity index (χ0v) is 17.5. The maximum absolute atomic E-state index is 14.0. The zero-order valence-electron chi connectivity index (χ0n) is 17.5.